The SMILES string of the molecule is CC(C)C1(O)CN(C(=O)Cn2cc(Br)ccc2=O)C1. The molecule has 1 aliphatic rings. The summed E-state index contributed by atoms with van der Waals surface area (Å²) in [5.41, 5.74) is -0.992. The fourth-order valence-corrected chi connectivity index (χ4v) is 2.41. The van der Waals surface area contributed by atoms with Gasteiger partial charge in [0.25, 0.3) is 5.56 Å². The summed E-state index contributed by atoms with van der Waals surface area (Å²) in [6.45, 7) is 4.55. The molecule has 0 atom stereocenters. The summed E-state index contributed by atoms with van der Waals surface area (Å²) in [4.78, 5) is 25.2. The summed E-state index contributed by atoms with van der Waals surface area (Å²) >= 11 is 3.27. The molecule has 19 heavy (non-hydrogen) atoms. The zero-order valence-electron chi connectivity index (χ0n) is 11.0. The lowest BCUT2D eigenvalue weighted by Crippen LogP contribution is -2.66. The van der Waals surface area contributed by atoms with Crippen LogP contribution in [0.15, 0.2) is 27.6 Å². The third-order valence-corrected chi connectivity index (χ3v) is 4.08. The van der Waals surface area contributed by atoms with Crippen molar-refractivity contribution in [1.82, 2.24) is 9.47 Å². The monoisotopic (exact) mass is 328 g/mol. The predicted octanol–water partition coefficient (Wildman–Crippen LogP) is 0.840. The van der Waals surface area contributed by atoms with Gasteiger partial charge in [-0.2, -0.15) is 0 Å². The highest BCUT2D eigenvalue weighted by Gasteiger charge is 2.45. The van der Waals surface area contributed by atoms with E-state index in [1.807, 2.05) is 13.8 Å². The van der Waals surface area contributed by atoms with Crippen molar-refractivity contribution in [2.75, 3.05) is 13.1 Å². The standard InChI is InChI=1S/C13H17BrN2O3/c1-9(2)13(19)7-16(8-13)12(18)6-15-5-10(14)3-4-11(15)17/h3-5,9,19H,6-8H2,1-2H3. The Kier molecular flexibility index (Phi) is 3.82. The van der Waals surface area contributed by atoms with Crippen molar-refractivity contribution in [3.63, 3.8) is 0 Å². The van der Waals surface area contributed by atoms with E-state index < -0.39 is 5.60 Å². The molecule has 0 spiro atoms. The number of carbonyl (C=O) groups is 1. The molecular weight excluding hydrogens is 312 g/mol. The first-order valence-electron chi connectivity index (χ1n) is 6.18. The van der Waals surface area contributed by atoms with Crippen LogP contribution in [0, 0.1) is 5.92 Å². The number of amides is 1. The molecule has 2 heterocycles. The largest absolute Gasteiger partial charge is 0.386 e. The first-order chi connectivity index (χ1) is 8.82. The Morgan fingerprint density at radius 2 is 2.11 bits per heavy atom. The third kappa shape index (κ3) is 2.90. The van der Waals surface area contributed by atoms with Gasteiger partial charge in [0, 0.05) is 16.7 Å². The Bertz CT molecular complexity index is 547. The van der Waals surface area contributed by atoms with Gasteiger partial charge in [0.1, 0.15) is 12.1 Å². The first-order valence-corrected chi connectivity index (χ1v) is 6.97. The second kappa shape index (κ2) is 5.09. The number of nitrogens with zero attached hydrogens (tertiary/aromatic N) is 2. The van der Waals surface area contributed by atoms with Crippen molar-refractivity contribution in [3.8, 4) is 0 Å². The molecule has 1 fully saturated rings. The summed E-state index contributed by atoms with van der Waals surface area (Å²) in [5, 5.41) is 10.1. The molecular formula is C13H17BrN2O3. The summed E-state index contributed by atoms with van der Waals surface area (Å²) in [6.07, 6.45) is 1.59. The van der Waals surface area contributed by atoms with Crippen molar-refractivity contribution in [1.29, 1.82) is 0 Å². The lowest BCUT2D eigenvalue weighted by Gasteiger charge is -2.49. The van der Waals surface area contributed by atoms with E-state index in [0.717, 1.165) is 4.47 Å². The Morgan fingerprint density at radius 1 is 1.47 bits per heavy atom. The molecule has 0 bridgehead atoms. The van der Waals surface area contributed by atoms with Crippen LogP contribution in [0.1, 0.15) is 13.8 Å². The molecule has 0 saturated carbocycles. The zero-order valence-corrected chi connectivity index (χ0v) is 12.6. The highest BCUT2D eigenvalue weighted by Crippen LogP contribution is 2.28. The molecule has 1 aliphatic heterocycles. The summed E-state index contributed by atoms with van der Waals surface area (Å²) in [7, 11) is 0. The highest BCUT2D eigenvalue weighted by atomic mass is 79.9. The van der Waals surface area contributed by atoms with Gasteiger partial charge in [-0.15, -0.1) is 0 Å². The second-order valence-electron chi connectivity index (χ2n) is 5.32. The predicted molar refractivity (Wildman–Crippen MR) is 74.8 cm³/mol. The van der Waals surface area contributed by atoms with Crippen LogP contribution in [0.3, 0.4) is 0 Å². The Morgan fingerprint density at radius 3 is 2.68 bits per heavy atom. The highest BCUT2D eigenvalue weighted by molar-refractivity contribution is 9.10. The van der Waals surface area contributed by atoms with E-state index in [1.165, 1.54) is 10.6 Å². The van der Waals surface area contributed by atoms with Crippen LogP contribution in [0.5, 0.6) is 0 Å². The van der Waals surface area contributed by atoms with E-state index in [0.29, 0.717) is 13.1 Å². The number of carbonyl (C=O) groups excluding carboxylic acids is 1. The van der Waals surface area contributed by atoms with Crippen molar-refractivity contribution >= 4 is 21.8 Å². The number of hydrogen-bond acceptors (Lipinski definition) is 3. The molecule has 6 heteroatoms. The van der Waals surface area contributed by atoms with Crippen LogP contribution < -0.4 is 5.56 Å². The van der Waals surface area contributed by atoms with Gasteiger partial charge in [-0.1, -0.05) is 13.8 Å². The smallest absolute Gasteiger partial charge is 0.251 e. The van der Waals surface area contributed by atoms with Crippen LogP contribution in [-0.4, -0.2) is 39.2 Å². The summed E-state index contributed by atoms with van der Waals surface area (Å²) < 4.78 is 2.11. The van der Waals surface area contributed by atoms with E-state index in [2.05, 4.69) is 15.9 Å². The maximum absolute atomic E-state index is 12.0. The van der Waals surface area contributed by atoms with Gasteiger partial charge < -0.3 is 14.6 Å². The number of rotatable bonds is 3. The number of halogens is 1. The van der Waals surface area contributed by atoms with Crippen LogP contribution in [-0.2, 0) is 11.3 Å². The number of hydrogen-bond donors (Lipinski definition) is 1. The number of β-amino-alcohol motifs (C(OH)–C–C–N with tert-alkyl or cyclic N) is 1. The topological polar surface area (TPSA) is 62.5 Å². The van der Waals surface area contributed by atoms with Gasteiger partial charge in [-0.25, -0.2) is 0 Å². The second-order valence-corrected chi connectivity index (χ2v) is 6.24. The van der Waals surface area contributed by atoms with Crippen LogP contribution in [0.4, 0.5) is 0 Å². The van der Waals surface area contributed by atoms with Gasteiger partial charge in [-0.3, -0.25) is 9.59 Å². The molecule has 1 aromatic rings. The molecule has 0 aromatic carbocycles. The molecule has 0 aliphatic carbocycles. The Balaban J connectivity index is 2.00. The van der Waals surface area contributed by atoms with Crippen molar-refractivity contribution < 1.29 is 9.90 Å². The maximum Gasteiger partial charge on any atom is 0.251 e. The summed E-state index contributed by atoms with van der Waals surface area (Å²) in [6, 6.07) is 3.06. The van der Waals surface area contributed by atoms with Gasteiger partial charge in [-0.05, 0) is 27.9 Å². The normalized spacial score (nSPS) is 17.4. The number of aliphatic hydroxyl groups is 1. The minimum absolute atomic E-state index is 0.00640. The van der Waals surface area contributed by atoms with Gasteiger partial charge in [0.15, 0.2) is 0 Å². The van der Waals surface area contributed by atoms with E-state index >= 15 is 0 Å². The Labute approximate surface area is 120 Å². The van der Waals surface area contributed by atoms with Gasteiger partial charge in [0.2, 0.25) is 5.91 Å². The average Bonchev–Trinajstić information content (AvgIpc) is 2.29. The van der Waals surface area contributed by atoms with Gasteiger partial charge >= 0.3 is 0 Å². The van der Waals surface area contributed by atoms with E-state index in [4.69, 9.17) is 0 Å². The summed E-state index contributed by atoms with van der Waals surface area (Å²) in [5.74, 6) is -0.0318. The number of pyridine rings is 1. The fourth-order valence-electron chi connectivity index (χ4n) is 2.03. The molecule has 1 N–H and O–H groups in total. The molecule has 5 nitrogen and oxygen atoms in total. The minimum atomic E-state index is -0.780. The molecule has 104 valence electrons. The van der Waals surface area contributed by atoms with E-state index in [1.54, 1.807) is 17.2 Å². The lowest BCUT2D eigenvalue weighted by molar-refractivity contribution is -0.164. The first kappa shape index (κ1) is 14.3. The third-order valence-electron chi connectivity index (χ3n) is 3.61. The molecule has 1 saturated heterocycles. The Hall–Kier alpha value is -1.14. The molecule has 2 rings (SSSR count). The van der Waals surface area contributed by atoms with E-state index in [9.17, 15) is 14.7 Å². The maximum atomic E-state index is 12.0. The molecule has 1 amide bonds. The number of likely N-dealkylation sites (tertiary alicyclic amines) is 1. The van der Waals surface area contributed by atoms with Crippen molar-refractivity contribution in [2.24, 2.45) is 5.92 Å². The van der Waals surface area contributed by atoms with Crippen LogP contribution in [0.2, 0.25) is 0 Å². The average molecular weight is 329 g/mol. The lowest BCUT2D eigenvalue weighted by atomic mass is 9.83. The molecule has 0 unspecified atom stereocenters. The minimum Gasteiger partial charge on any atom is -0.386 e. The van der Waals surface area contributed by atoms with Crippen LogP contribution >= 0.6 is 15.9 Å². The van der Waals surface area contributed by atoms with E-state index in [-0.39, 0.29) is 23.9 Å². The van der Waals surface area contributed by atoms with Crippen molar-refractivity contribution in [2.45, 2.75) is 26.0 Å². The van der Waals surface area contributed by atoms with Gasteiger partial charge in [0.05, 0.1) is 13.1 Å². The molecule has 0 radical (unpaired) electrons. The molecule has 1 aromatic heterocycles. The zero-order chi connectivity index (χ0) is 14.2. The quantitative estimate of drug-likeness (QED) is 0.894. The van der Waals surface area contributed by atoms with Crippen molar-refractivity contribution in [3.05, 3.63) is 33.2 Å². The fraction of sp³-hybridized carbons (Fsp3) is 0.538. The van der Waals surface area contributed by atoms with Crippen LogP contribution in [0.25, 0.3) is 0 Å². The number of aromatic nitrogens is 1.